The normalized spacial score (nSPS) is 11.8. The molecule has 1 unspecified atom stereocenters. The molecule has 3 aromatic rings. The number of carbonyl (C=O) groups excluding carboxylic acids is 1. The van der Waals surface area contributed by atoms with Crippen LogP contribution >= 0.6 is 0 Å². The van der Waals surface area contributed by atoms with Gasteiger partial charge in [0.15, 0.2) is 0 Å². The van der Waals surface area contributed by atoms with Gasteiger partial charge in [0.2, 0.25) is 5.91 Å². The van der Waals surface area contributed by atoms with Gasteiger partial charge in [-0.1, -0.05) is 36.4 Å². The van der Waals surface area contributed by atoms with Crippen molar-refractivity contribution in [1.29, 1.82) is 5.26 Å². The topological polar surface area (TPSA) is 65.2 Å². The summed E-state index contributed by atoms with van der Waals surface area (Å²) in [7, 11) is 1.93. The number of carbonyl (C=O) groups is 1. The maximum absolute atomic E-state index is 13.2. The summed E-state index contributed by atoms with van der Waals surface area (Å²) in [4.78, 5) is 16.9. The molecule has 3 rings (SSSR count). The van der Waals surface area contributed by atoms with E-state index in [0.29, 0.717) is 19.5 Å². The summed E-state index contributed by atoms with van der Waals surface area (Å²) < 4.78 is 1.83. The number of likely N-dealkylation sites (N-methyl/N-ethyl adjacent to an activating group) is 1. The highest BCUT2D eigenvalue weighted by Gasteiger charge is 2.25. The van der Waals surface area contributed by atoms with Gasteiger partial charge in [-0.05, 0) is 38.2 Å². The maximum Gasteiger partial charge on any atom is 0.244 e. The summed E-state index contributed by atoms with van der Waals surface area (Å²) in [6, 6.07) is 21.2. The van der Waals surface area contributed by atoms with Crippen LogP contribution in [0.1, 0.15) is 18.9 Å². The fourth-order valence-electron chi connectivity index (χ4n) is 3.14. The van der Waals surface area contributed by atoms with Crippen LogP contribution in [0.5, 0.6) is 0 Å². The lowest BCUT2D eigenvalue weighted by atomic mass is 10.2. The van der Waals surface area contributed by atoms with Crippen molar-refractivity contribution >= 4 is 11.6 Å². The van der Waals surface area contributed by atoms with Crippen LogP contribution in [-0.4, -0.2) is 40.2 Å². The Labute approximate surface area is 171 Å². The van der Waals surface area contributed by atoms with Gasteiger partial charge in [0.1, 0.15) is 0 Å². The molecule has 0 radical (unpaired) electrons. The van der Waals surface area contributed by atoms with Gasteiger partial charge in [0.05, 0.1) is 30.4 Å². The van der Waals surface area contributed by atoms with Crippen molar-refractivity contribution < 1.29 is 4.79 Å². The Hall–Kier alpha value is -3.43. The lowest BCUT2D eigenvalue weighted by molar-refractivity contribution is -0.123. The second-order valence-corrected chi connectivity index (χ2v) is 6.95. The second-order valence-electron chi connectivity index (χ2n) is 6.95. The minimum Gasteiger partial charge on any atom is -0.310 e. The van der Waals surface area contributed by atoms with E-state index in [9.17, 15) is 4.79 Å². The van der Waals surface area contributed by atoms with Gasteiger partial charge in [-0.2, -0.15) is 10.4 Å². The highest BCUT2D eigenvalue weighted by Crippen LogP contribution is 2.17. The predicted molar refractivity (Wildman–Crippen MR) is 114 cm³/mol. The molecule has 0 spiro atoms. The van der Waals surface area contributed by atoms with E-state index in [-0.39, 0.29) is 11.9 Å². The zero-order valence-electron chi connectivity index (χ0n) is 16.8. The molecule has 0 saturated carbocycles. The lowest BCUT2D eigenvalue weighted by Crippen LogP contribution is -2.46. The summed E-state index contributed by atoms with van der Waals surface area (Å²) in [6.45, 7) is 2.87. The van der Waals surface area contributed by atoms with Crippen LogP contribution in [0.15, 0.2) is 73.1 Å². The predicted octanol–water partition coefficient (Wildman–Crippen LogP) is 3.64. The molecule has 0 aliphatic carbocycles. The van der Waals surface area contributed by atoms with Gasteiger partial charge in [-0.15, -0.1) is 0 Å². The Morgan fingerprint density at radius 2 is 1.79 bits per heavy atom. The summed E-state index contributed by atoms with van der Waals surface area (Å²) in [5, 5.41) is 13.4. The van der Waals surface area contributed by atoms with Crippen molar-refractivity contribution in [3.8, 4) is 11.8 Å². The average Bonchev–Trinajstić information content (AvgIpc) is 3.23. The van der Waals surface area contributed by atoms with Crippen molar-refractivity contribution in [2.45, 2.75) is 25.9 Å². The zero-order chi connectivity index (χ0) is 20.6. The molecular formula is C23H25N5O. The monoisotopic (exact) mass is 387 g/mol. The Bertz CT molecular complexity index is 962. The first-order valence-electron chi connectivity index (χ1n) is 9.62. The summed E-state index contributed by atoms with van der Waals surface area (Å²) in [6.07, 6.45) is 4.10. The highest BCUT2D eigenvalue weighted by atomic mass is 16.2. The van der Waals surface area contributed by atoms with Crippen molar-refractivity contribution in [3.63, 3.8) is 0 Å². The number of rotatable bonds is 8. The van der Waals surface area contributed by atoms with Gasteiger partial charge in [-0.3, -0.25) is 9.69 Å². The molecule has 0 N–H and O–H groups in total. The third-order valence-corrected chi connectivity index (χ3v) is 4.89. The molecule has 1 heterocycles. The van der Waals surface area contributed by atoms with Gasteiger partial charge in [0.25, 0.3) is 0 Å². The Balaban J connectivity index is 1.70. The third-order valence-electron chi connectivity index (χ3n) is 4.89. The fourth-order valence-corrected chi connectivity index (χ4v) is 3.14. The van der Waals surface area contributed by atoms with E-state index >= 15 is 0 Å². The second kappa shape index (κ2) is 9.67. The molecule has 1 aromatic heterocycles. The minimum absolute atomic E-state index is 0.0237. The van der Waals surface area contributed by atoms with Crippen LogP contribution in [0.25, 0.3) is 5.69 Å². The number of nitriles is 1. The number of nitrogens with zero attached hydrogens (tertiary/aromatic N) is 5. The number of benzene rings is 2. The van der Waals surface area contributed by atoms with E-state index in [2.05, 4.69) is 11.2 Å². The van der Waals surface area contributed by atoms with Crippen LogP contribution in [0.4, 0.5) is 5.69 Å². The molecule has 2 aromatic carbocycles. The van der Waals surface area contributed by atoms with E-state index < -0.39 is 0 Å². The van der Waals surface area contributed by atoms with Crippen LogP contribution in [0.3, 0.4) is 0 Å². The molecule has 6 heteroatoms. The van der Waals surface area contributed by atoms with Crippen LogP contribution in [-0.2, 0) is 11.3 Å². The minimum atomic E-state index is -0.339. The maximum atomic E-state index is 13.2. The summed E-state index contributed by atoms with van der Waals surface area (Å²) >= 11 is 0. The first kappa shape index (κ1) is 20.3. The Morgan fingerprint density at radius 1 is 1.14 bits per heavy atom. The molecule has 0 fully saturated rings. The number of para-hydroxylation sites is 2. The van der Waals surface area contributed by atoms with E-state index in [1.54, 1.807) is 4.90 Å². The van der Waals surface area contributed by atoms with E-state index in [4.69, 9.17) is 5.26 Å². The Morgan fingerprint density at radius 3 is 2.45 bits per heavy atom. The fraction of sp³-hybridized carbons (Fsp3) is 0.261. The third kappa shape index (κ3) is 5.09. The SMILES string of the molecule is CC(C(=O)N(CCC#N)c1ccccc1)N(C)Cc1cnn(-c2ccccc2)c1. The van der Waals surface area contributed by atoms with E-state index in [1.807, 2.05) is 96.6 Å². The molecule has 1 amide bonds. The van der Waals surface area contributed by atoms with Gasteiger partial charge in [0, 0.05) is 30.5 Å². The van der Waals surface area contributed by atoms with Crippen molar-refractivity contribution in [3.05, 3.63) is 78.6 Å². The Kier molecular flexibility index (Phi) is 6.77. The standard InChI is InChI=1S/C23H25N5O/c1-19(23(29)27(15-9-14-24)21-10-5-3-6-11-21)26(2)17-20-16-25-28(18-20)22-12-7-4-8-13-22/h3-8,10-13,16,18-19H,9,15,17H2,1-2H3. The number of anilines is 1. The van der Waals surface area contributed by atoms with Crippen LogP contribution in [0.2, 0.25) is 0 Å². The number of amides is 1. The van der Waals surface area contributed by atoms with E-state index in [0.717, 1.165) is 16.9 Å². The zero-order valence-corrected chi connectivity index (χ0v) is 16.8. The van der Waals surface area contributed by atoms with Crippen LogP contribution < -0.4 is 4.90 Å². The molecular weight excluding hydrogens is 362 g/mol. The van der Waals surface area contributed by atoms with Crippen molar-refractivity contribution in [2.75, 3.05) is 18.5 Å². The number of hydrogen-bond donors (Lipinski definition) is 0. The van der Waals surface area contributed by atoms with Crippen molar-refractivity contribution in [2.24, 2.45) is 0 Å². The van der Waals surface area contributed by atoms with E-state index in [1.165, 1.54) is 0 Å². The molecule has 0 saturated heterocycles. The van der Waals surface area contributed by atoms with Crippen molar-refractivity contribution in [1.82, 2.24) is 14.7 Å². The van der Waals surface area contributed by atoms with Gasteiger partial charge < -0.3 is 4.90 Å². The summed E-state index contributed by atoms with van der Waals surface area (Å²) in [5.74, 6) is -0.0237. The lowest BCUT2D eigenvalue weighted by Gasteiger charge is -2.30. The smallest absolute Gasteiger partial charge is 0.244 e. The largest absolute Gasteiger partial charge is 0.310 e. The quantitative estimate of drug-likeness (QED) is 0.592. The highest BCUT2D eigenvalue weighted by molar-refractivity contribution is 5.96. The molecule has 6 nitrogen and oxygen atoms in total. The summed E-state index contributed by atoms with van der Waals surface area (Å²) in [5.41, 5.74) is 2.83. The first-order chi connectivity index (χ1) is 14.1. The average molecular weight is 387 g/mol. The molecule has 0 aliphatic heterocycles. The first-order valence-corrected chi connectivity index (χ1v) is 9.62. The number of aromatic nitrogens is 2. The number of hydrogen-bond acceptors (Lipinski definition) is 4. The molecule has 0 bridgehead atoms. The molecule has 29 heavy (non-hydrogen) atoms. The molecule has 0 aliphatic rings. The van der Waals surface area contributed by atoms with Crippen LogP contribution in [0, 0.1) is 11.3 Å². The molecule has 1 atom stereocenters. The van der Waals surface area contributed by atoms with Gasteiger partial charge in [-0.25, -0.2) is 4.68 Å². The van der Waals surface area contributed by atoms with Gasteiger partial charge >= 0.3 is 0 Å². The molecule has 148 valence electrons.